The van der Waals surface area contributed by atoms with Crippen LogP contribution in [0.3, 0.4) is 0 Å². The Morgan fingerprint density at radius 2 is 1.56 bits per heavy atom. The second kappa shape index (κ2) is 8.23. The van der Waals surface area contributed by atoms with Gasteiger partial charge in [-0.1, -0.05) is 30.9 Å². The third-order valence-corrected chi connectivity index (χ3v) is 3.87. The van der Waals surface area contributed by atoms with E-state index in [1.807, 2.05) is 55.5 Å². The molecular formula is C23H20N2O2. The molecular weight excluding hydrogens is 336 g/mol. The molecule has 3 rings (SSSR count). The van der Waals surface area contributed by atoms with Crippen molar-refractivity contribution >= 4 is 18.1 Å². The molecule has 4 heteroatoms. The topological polar surface area (TPSA) is 52.1 Å². The number of benzene rings is 1. The number of esters is 1. The Kier molecular flexibility index (Phi) is 5.57. The number of pyridine rings is 2. The molecule has 0 radical (unpaired) electrons. The molecule has 0 N–H and O–H groups in total. The molecule has 1 aromatic carbocycles. The van der Waals surface area contributed by atoms with Gasteiger partial charge in [-0.15, -0.1) is 0 Å². The van der Waals surface area contributed by atoms with Crippen molar-refractivity contribution in [2.45, 2.75) is 13.8 Å². The Hall–Kier alpha value is -3.53. The van der Waals surface area contributed by atoms with Crippen molar-refractivity contribution in [1.29, 1.82) is 0 Å². The van der Waals surface area contributed by atoms with Crippen molar-refractivity contribution < 1.29 is 9.53 Å². The van der Waals surface area contributed by atoms with Crippen molar-refractivity contribution in [2.24, 2.45) is 0 Å². The monoisotopic (exact) mass is 356 g/mol. The molecule has 3 aromatic rings. The van der Waals surface area contributed by atoms with Crippen LogP contribution in [0, 0.1) is 6.92 Å². The normalized spacial score (nSPS) is 10.7. The van der Waals surface area contributed by atoms with Crippen molar-refractivity contribution in [3.8, 4) is 17.1 Å². The Morgan fingerprint density at radius 1 is 0.926 bits per heavy atom. The first-order valence-electron chi connectivity index (χ1n) is 8.56. The molecule has 0 spiro atoms. The summed E-state index contributed by atoms with van der Waals surface area (Å²) in [5.74, 6) is 0.0734. The number of aryl methyl sites for hydroxylation is 1. The lowest BCUT2D eigenvalue weighted by atomic mass is 10.1. The number of nitrogens with zero attached hydrogens (tertiary/aromatic N) is 2. The van der Waals surface area contributed by atoms with Crippen molar-refractivity contribution in [1.82, 2.24) is 9.97 Å². The fourth-order valence-corrected chi connectivity index (χ4v) is 2.40. The van der Waals surface area contributed by atoms with Crippen LogP contribution < -0.4 is 4.74 Å². The largest absolute Gasteiger partial charge is 0.423 e. The lowest BCUT2D eigenvalue weighted by molar-refractivity contribution is -0.130. The van der Waals surface area contributed by atoms with Crippen LogP contribution in [-0.4, -0.2) is 15.9 Å². The summed E-state index contributed by atoms with van der Waals surface area (Å²) in [5, 5.41) is 0. The molecule has 27 heavy (non-hydrogen) atoms. The lowest BCUT2D eigenvalue weighted by Crippen LogP contribution is -2.07. The van der Waals surface area contributed by atoms with E-state index in [4.69, 9.17) is 4.74 Å². The van der Waals surface area contributed by atoms with Crippen LogP contribution in [0.25, 0.3) is 23.5 Å². The summed E-state index contributed by atoms with van der Waals surface area (Å²) >= 11 is 0. The Bertz CT molecular complexity index is 1000. The predicted molar refractivity (Wildman–Crippen MR) is 108 cm³/mol. The average molecular weight is 356 g/mol. The summed E-state index contributed by atoms with van der Waals surface area (Å²) in [7, 11) is 0. The molecule has 134 valence electrons. The van der Waals surface area contributed by atoms with Gasteiger partial charge < -0.3 is 4.74 Å². The highest BCUT2D eigenvalue weighted by molar-refractivity contribution is 5.88. The van der Waals surface area contributed by atoms with Crippen LogP contribution in [0.4, 0.5) is 0 Å². The highest BCUT2D eigenvalue weighted by atomic mass is 16.5. The first kappa shape index (κ1) is 18.3. The molecule has 0 atom stereocenters. The van der Waals surface area contributed by atoms with E-state index in [1.165, 1.54) is 0 Å². The van der Waals surface area contributed by atoms with E-state index in [0.717, 1.165) is 28.1 Å². The highest BCUT2D eigenvalue weighted by Gasteiger charge is 2.05. The van der Waals surface area contributed by atoms with Gasteiger partial charge in [-0.2, -0.15) is 0 Å². The molecule has 0 fully saturated rings. The van der Waals surface area contributed by atoms with E-state index in [2.05, 4.69) is 16.5 Å². The Balaban J connectivity index is 1.73. The summed E-state index contributed by atoms with van der Waals surface area (Å²) in [6.07, 6.45) is 7.57. The second-order valence-corrected chi connectivity index (χ2v) is 6.27. The van der Waals surface area contributed by atoms with E-state index in [-0.39, 0.29) is 0 Å². The Labute approximate surface area is 158 Å². The van der Waals surface area contributed by atoms with Gasteiger partial charge in [0, 0.05) is 18.0 Å². The van der Waals surface area contributed by atoms with Crippen molar-refractivity contribution in [3.05, 3.63) is 89.8 Å². The summed E-state index contributed by atoms with van der Waals surface area (Å²) in [5.41, 5.74) is 5.24. The first-order valence-corrected chi connectivity index (χ1v) is 8.56. The van der Waals surface area contributed by atoms with Crippen LogP contribution in [0.2, 0.25) is 0 Å². The number of aromatic nitrogens is 2. The fraction of sp³-hybridized carbons (Fsp3) is 0.0870. The van der Waals surface area contributed by atoms with Crippen LogP contribution in [0.5, 0.6) is 5.75 Å². The van der Waals surface area contributed by atoms with E-state index in [1.54, 1.807) is 31.5 Å². The zero-order valence-electron chi connectivity index (χ0n) is 15.3. The van der Waals surface area contributed by atoms with Crippen LogP contribution in [-0.2, 0) is 4.79 Å². The highest BCUT2D eigenvalue weighted by Crippen LogP contribution is 2.19. The average Bonchev–Trinajstić information content (AvgIpc) is 2.67. The quantitative estimate of drug-likeness (QED) is 0.362. The predicted octanol–water partition coefficient (Wildman–Crippen LogP) is 5.10. The van der Waals surface area contributed by atoms with Crippen LogP contribution in [0.1, 0.15) is 23.6 Å². The van der Waals surface area contributed by atoms with Gasteiger partial charge in [0.1, 0.15) is 5.75 Å². The maximum atomic E-state index is 11.5. The van der Waals surface area contributed by atoms with Gasteiger partial charge in [0.2, 0.25) is 0 Å². The molecule has 4 nitrogen and oxygen atoms in total. The Morgan fingerprint density at radius 3 is 2.22 bits per heavy atom. The molecule has 2 heterocycles. The first-order chi connectivity index (χ1) is 13.0. The number of rotatable bonds is 5. The number of hydrogen-bond acceptors (Lipinski definition) is 4. The van der Waals surface area contributed by atoms with Gasteiger partial charge in [-0.25, -0.2) is 4.79 Å². The summed E-state index contributed by atoms with van der Waals surface area (Å²) in [6.45, 7) is 7.22. The van der Waals surface area contributed by atoms with E-state index in [9.17, 15) is 4.79 Å². The third kappa shape index (κ3) is 4.98. The standard InChI is InChI=1S/C23H20N2O2/c1-16(2)23(26)27-20-8-6-18(7-9-20)4-5-19-11-13-25-22(15-19)21-14-17(3)10-12-24-21/h4-15H,1H2,2-3H3/b5-4+. The second-order valence-electron chi connectivity index (χ2n) is 6.27. The third-order valence-electron chi connectivity index (χ3n) is 3.87. The molecule has 0 aliphatic carbocycles. The van der Waals surface area contributed by atoms with Gasteiger partial charge in [0.15, 0.2) is 0 Å². The minimum atomic E-state index is -0.424. The van der Waals surface area contributed by atoms with Gasteiger partial charge in [-0.05, 0) is 66.9 Å². The summed E-state index contributed by atoms with van der Waals surface area (Å²) in [4.78, 5) is 20.3. The summed E-state index contributed by atoms with van der Waals surface area (Å²) < 4.78 is 5.19. The molecule has 0 bridgehead atoms. The maximum absolute atomic E-state index is 11.5. The fourth-order valence-electron chi connectivity index (χ4n) is 2.40. The smallest absolute Gasteiger partial charge is 0.338 e. The van der Waals surface area contributed by atoms with Gasteiger partial charge in [-0.3, -0.25) is 9.97 Å². The molecule has 0 saturated heterocycles. The summed E-state index contributed by atoms with van der Waals surface area (Å²) in [6, 6.07) is 15.2. The zero-order valence-corrected chi connectivity index (χ0v) is 15.3. The van der Waals surface area contributed by atoms with Crippen LogP contribution >= 0.6 is 0 Å². The molecule has 0 saturated carbocycles. The van der Waals surface area contributed by atoms with E-state index >= 15 is 0 Å². The van der Waals surface area contributed by atoms with Crippen molar-refractivity contribution in [3.63, 3.8) is 0 Å². The van der Waals surface area contributed by atoms with Gasteiger partial charge in [0.25, 0.3) is 0 Å². The van der Waals surface area contributed by atoms with Gasteiger partial charge >= 0.3 is 5.97 Å². The number of hydrogen-bond donors (Lipinski definition) is 0. The van der Waals surface area contributed by atoms with Gasteiger partial charge in [0.05, 0.1) is 11.4 Å². The number of ether oxygens (including phenoxy) is 1. The molecule has 0 aliphatic rings. The number of carbonyl (C=O) groups is 1. The number of carbonyl (C=O) groups excluding carboxylic acids is 1. The van der Waals surface area contributed by atoms with Crippen molar-refractivity contribution in [2.75, 3.05) is 0 Å². The molecule has 2 aromatic heterocycles. The van der Waals surface area contributed by atoms with E-state index in [0.29, 0.717) is 11.3 Å². The SMILES string of the molecule is C=C(C)C(=O)Oc1ccc(/C=C/c2ccnc(-c3cc(C)ccn3)c2)cc1. The molecule has 0 aliphatic heterocycles. The van der Waals surface area contributed by atoms with E-state index < -0.39 is 5.97 Å². The minimum absolute atomic E-state index is 0.371. The maximum Gasteiger partial charge on any atom is 0.338 e. The lowest BCUT2D eigenvalue weighted by Gasteiger charge is -2.04. The zero-order chi connectivity index (χ0) is 19.2. The molecule has 0 amide bonds. The van der Waals surface area contributed by atoms with Crippen LogP contribution in [0.15, 0.2) is 73.1 Å². The molecule has 0 unspecified atom stereocenters. The minimum Gasteiger partial charge on any atom is -0.423 e.